The Hall–Kier alpha value is -4.20. The topological polar surface area (TPSA) is 114 Å². The Labute approximate surface area is 165 Å². The van der Waals surface area contributed by atoms with Gasteiger partial charge >= 0.3 is 0 Å². The fourth-order valence-electron chi connectivity index (χ4n) is 3.29. The van der Waals surface area contributed by atoms with Gasteiger partial charge in [-0.1, -0.05) is 24.3 Å². The third-order valence-electron chi connectivity index (χ3n) is 4.75. The Morgan fingerprint density at radius 1 is 0.966 bits per heavy atom. The molecule has 0 bridgehead atoms. The average Bonchev–Trinajstić information content (AvgIpc) is 3.01. The molecule has 144 valence electrons. The van der Waals surface area contributed by atoms with E-state index in [2.05, 4.69) is 5.32 Å². The maximum absolute atomic E-state index is 12.9. The second-order valence-corrected chi connectivity index (χ2v) is 6.53. The highest BCUT2D eigenvalue weighted by molar-refractivity contribution is 6.23. The van der Waals surface area contributed by atoms with E-state index >= 15 is 0 Å². The van der Waals surface area contributed by atoms with Crippen LogP contribution in [0.2, 0.25) is 0 Å². The molecule has 1 aromatic heterocycles. The highest BCUT2D eigenvalue weighted by Crippen LogP contribution is 2.24. The molecule has 0 fully saturated rings. The van der Waals surface area contributed by atoms with Gasteiger partial charge in [0.1, 0.15) is 5.82 Å². The van der Waals surface area contributed by atoms with Crippen molar-refractivity contribution < 1.29 is 14.4 Å². The molecule has 0 unspecified atom stereocenters. The van der Waals surface area contributed by atoms with E-state index in [1.54, 1.807) is 37.4 Å². The van der Waals surface area contributed by atoms with Gasteiger partial charge in [-0.25, -0.2) is 0 Å². The lowest BCUT2D eigenvalue weighted by Crippen LogP contribution is -2.27. The van der Waals surface area contributed by atoms with Gasteiger partial charge in [0.15, 0.2) is 0 Å². The van der Waals surface area contributed by atoms with Crippen LogP contribution in [-0.2, 0) is 0 Å². The van der Waals surface area contributed by atoms with Crippen molar-refractivity contribution in [2.24, 2.45) is 0 Å². The van der Waals surface area contributed by atoms with Gasteiger partial charge in [0.05, 0.1) is 16.8 Å². The number of pyridine rings is 1. The van der Waals surface area contributed by atoms with Crippen LogP contribution in [0.1, 0.15) is 31.1 Å². The van der Waals surface area contributed by atoms with Crippen LogP contribution in [0.3, 0.4) is 0 Å². The van der Waals surface area contributed by atoms with Gasteiger partial charge in [0.25, 0.3) is 23.3 Å². The number of aromatic nitrogens is 1. The van der Waals surface area contributed by atoms with E-state index in [0.29, 0.717) is 16.9 Å². The molecule has 0 spiro atoms. The number of nitrogens with zero attached hydrogens (tertiary/aromatic N) is 2. The van der Waals surface area contributed by atoms with E-state index in [4.69, 9.17) is 5.73 Å². The smallest absolute Gasteiger partial charge is 0.262 e. The van der Waals surface area contributed by atoms with Gasteiger partial charge in [-0.15, -0.1) is 0 Å². The highest BCUT2D eigenvalue weighted by atomic mass is 16.2. The van der Waals surface area contributed by atoms with Crippen LogP contribution in [0.25, 0.3) is 5.69 Å². The van der Waals surface area contributed by atoms with Crippen LogP contribution >= 0.6 is 0 Å². The Bertz CT molecular complexity index is 1230. The number of nitrogen functional groups attached to an aromatic ring is 1. The fourth-order valence-corrected chi connectivity index (χ4v) is 3.29. The molecule has 0 saturated heterocycles. The molecule has 29 heavy (non-hydrogen) atoms. The largest absolute Gasteiger partial charge is 0.384 e. The van der Waals surface area contributed by atoms with E-state index < -0.39 is 17.4 Å². The maximum Gasteiger partial charge on any atom is 0.262 e. The molecule has 4 rings (SSSR count). The van der Waals surface area contributed by atoms with Crippen LogP contribution in [0.4, 0.5) is 11.5 Å². The zero-order chi connectivity index (χ0) is 20.7. The third kappa shape index (κ3) is 2.96. The first kappa shape index (κ1) is 18.2. The van der Waals surface area contributed by atoms with E-state index in [-0.39, 0.29) is 22.9 Å². The number of para-hydroxylation sites is 1. The number of imide groups is 1. The monoisotopic (exact) mass is 388 g/mol. The van der Waals surface area contributed by atoms with Crippen molar-refractivity contribution in [2.75, 3.05) is 17.7 Å². The molecule has 3 aromatic rings. The summed E-state index contributed by atoms with van der Waals surface area (Å²) in [6.07, 6.45) is 0. The molecule has 3 amide bonds. The summed E-state index contributed by atoms with van der Waals surface area (Å²) < 4.78 is 1.11. The first-order valence-corrected chi connectivity index (χ1v) is 8.73. The molecule has 1 aliphatic rings. The number of amides is 3. The summed E-state index contributed by atoms with van der Waals surface area (Å²) in [6, 6.07) is 16.5. The Balaban J connectivity index is 1.79. The van der Waals surface area contributed by atoms with E-state index in [1.807, 2.05) is 18.2 Å². The summed E-state index contributed by atoms with van der Waals surface area (Å²) in [5.74, 6) is -1.75. The number of hydrogen-bond acceptors (Lipinski definition) is 5. The summed E-state index contributed by atoms with van der Waals surface area (Å²) in [5, 5.41) is 2.12. The highest BCUT2D eigenvalue weighted by Gasteiger charge is 2.32. The summed E-state index contributed by atoms with van der Waals surface area (Å²) in [7, 11) is 1.65. The minimum Gasteiger partial charge on any atom is -0.384 e. The zero-order valence-electron chi connectivity index (χ0n) is 15.4. The number of carbonyl (C=O) groups excluding carboxylic acids is 3. The number of benzene rings is 2. The molecular formula is C21H16N4O4. The normalized spacial score (nSPS) is 12.4. The molecule has 8 nitrogen and oxygen atoms in total. The number of hydrogen-bond donors (Lipinski definition) is 2. The minimum absolute atomic E-state index is 0.0484. The Morgan fingerprint density at radius 3 is 2.41 bits per heavy atom. The third-order valence-corrected chi connectivity index (χ3v) is 4.75. The van der Waals surface area contributed by atoms with Crippen LogP contribution in [0.5, 0.6) is 0 Å². The lowest BCUT2D eigenvalue weighted by Gasteiger charge is -2.18. The van der Waals surface area contributed by atoms with Crippen LogP contribution in [-0.4, -0.2) is 29.3 Å². The number of fused-ring (bicyclic) bond motifs is 1. The van der Waals surface area contributed by atoms with Gasteiger partial charge in [0.2, 0.25) is 0 Å². The van der Waals surface area contributed by atoms with Crippen molar-refractivity contribution >= 4 is 29.2 Å². The first-order valence-electron chi connectivity index (χ1n) is 8.73. The second-order valence-electron chi connectivity index (χ2n) is 6.53. The number of anilines is 2. The first-order chi connectivity index (χ1) is 13.9. The number of carbonyl (C=O) groups is 3. The molecule has 0 saturated carbocycles. The lowest BCUT2D eigenvalue weighted by molar-refractivity contribution is 0.0878. The minimum atomic E-state index is -0.660. The summed E-state index contributed by atoms with van der Waals surface area (Å²) in [6.45, 7) is 0. The van der Waals surface area contributed by atoms with Gasteiger partial charge < -0.3 is 10.6 Å². The molecular weight excluding hydrogens is 372 g/mol. The van der Waals surface area contributed by atoms with E-state index in [1.165, 1.54) is 11.0 Å². The molecule has 2 aromatic carbocycles. The second kappa shape index (κ2) is 6.75. The summed E-state index contributed by atoms with van der Waals surface area (Å²) in [4.78, 5) is 50.8. The predicted molar refractivity (Wildman–Crippen MR) is 107 cm³/mol. The molecule has 1 aliphatic heterocycles. The van der Waals surface area contributed by atoms with Crippen molar-refractivity contribution in [1.82, 2.24) is 9.88 Å². The van der Waals surface area contributed by atoms with Crippen molar-refractivity contribution in [3.8, 4) is 5.69 Å². The summed E-state index contributed by atoms with van der Waals surface area (Å²) >= 11 is 0. The van der Waals surface area contributed by atoms with Gasteiger partial charge in [0, 0.05) is 24.4 Å². The van der Waals surface area contributed by atoms with Crippen molar-refractivity contribution in [1.29, 1.82) is 0 Å². The average molecular weight is 388 g/mol. The SMILES string of the molecule is CN(C(=O)c1cccc(-n2c(N)c3c(cc2=O)C(=O)NC3=O)c1)c1ccccc1. The molecule has 0 atom stereocenters. The fraction of sp³-hybridized carbons (Fsp3) is 0.0476. The molecule has 8 heteroatoms. The lowest BCUT2D eigenvalue weighted by atomic mass is 10.1. The quantitative estimate of drug-likeness (QED) is 0.661. The van der Waals surface area contributed by atoms with E-state index in [9.17, 15) is 19.2 Å². The van der Waals surface area contributed by atoms with Gasteiger partial charge in [-0.2, -0.15) is 0 Å². The Morgan fingerprint density at radius 2 is 1.69 bits per heavy atom. The van der Waals surface area contributed by atoms with Crippen molar-refractivity contribution in [2.45, 2.75) is 0 Å². The summed E-state index contributed by atoms with van der Waals surface area (Å²) in [5.41, 5.74) is 6.74. The maximum atomic E-state index is 12.9. The van der Waals surface area contributed by atoms with Crippen molar-refractivity contribution in [3.63, 3.8) is 0 Å². The van der Waals surface area contributed by atoms with E-state index in [0.717, 1.165) is 10.6 Å². The standard InChI is InChI=1S/C21H16N4O4/c1-24(13-7-3-2-4-8-13)21(29)12-6-5-9-14(10-12)25-16(26)11-15-17(18(25)22)20(28)23-19(15)27/h2-11H,22H2,1H3,(H,23,27,28). The van der Waals surface area contributed by atoms with Crippen molar-refractivity contribution in [3.05, 3.63) is 87.7 Å². The number of rotatable bonds is 3. The molecule has 0 radical (unpaired) electrons. The Kier molecular flexibility index (Phi) is 4.23. The van der Waals surface area contributed by atoms with Gasteiger partial charge in [-0.05, 0) is 30.3 Å². The van der Waals surface area contributed by atoms with Crippen LogP contribution < -0.4 is 21.5 Å². The van der Waals surface area contributed by atoms with Crippen LogP contribution in [0, 0.1) is 0 Å². The zero-order valence-corrected chi connectivity index (χ0v) is 15.4. The van der Waals surface area contributed by atoms with Crippen LogP contribution in [0.15, 0.2) is 65.5 Å². The van der Waals surface area contributed by atoms with Gasteiger partial charge in [-0.3, -0.25) is 29.1 Å². The molecule has 3 N–H and O–H groups in total. The number of nitrogens with two attached hydrogens (primary N) is 1. The molecule has 2 heterocycles. The predicted octanol–water partition coefficient (Wildman–Crippen LogP) is 1.58. The molecule has 0 aliphatic carbocycles. The number of nitrogens with one attached hydrogen (secondary N) is 1.